The van der Waals surface area contributed by atoms with Crippen molar-refractivity contribution in [2.45, 2.75) is 79.4 Å². The van der Waals surface area contributed by atoms with Gasteiger partial charge in [0.1, 0.15) is 5.78 Å². The van der Waals surface area contributed by atoms with Crippen molar-refractivity contribution in [2.24, 2.45) is 17.3 Å². The Balaban J connectivity index is 2.52. The summed E-state index contributed by atoms with van der Waals surface area (Å²) >= 11 is 1.56. The summed E-state index contributed by atoms with van der Waals surface area (Å²) in [5.41, 5.74) is 1.28. The largest absolute Gasteiger partial charge is 0.392 e. The lowest BCUT2D eigenvalue weighted by molar-refractivity contribution is -0.144. The average molecular weight is 489 g/mol. The number of carbonyl (C=O) groups excluding carboxylic acids is 2. The van der Waals surface area contributed by atoms with Crippen LogP contribution >= 0.6 is 11.3 Å². The fourth-order valence-corrected chi connectivity index (χ4v) is 5.04. The zero-order valence-electron chi connectivity index (χ0n) is 21.5. The third kappa shape index (κ3) is 6.74. The molecule has 2 rings (SSSR count). The van der Waals surface area contributed by atoms with Crippen LogP contribution < -0.4 is 0 Å². The lowest BCUT2D eigenvalue weighted by atomic mass is 9.73. The van der Waals surface area contributed by atoms with Gasteiger partial charge in [-0.3, -0.25) is 9.59 Å². The molecule has 1 aliphatic heterocycles. The number of aliphatic hydroxyl groups is 2. The minimum absolute atomic E-state index is 0.138. The number of Topliss-reactive ketones (excluding diaryl/α,β-unsaturated/α-hetero) is 1. The van der Waals surface area contributed by atoms with E-state index in [2.05, 4.69) is 17.6 Å². The van der Waals surface area contributed by atoms with Crippen LogP contribution in [-0.4, -0.2) is 50.5 Å². The summed E-state index contributed by atoms with van der Waals surface area (Å²) in [6.45, 7) is 16.9. The number of amides is 1. The number of thiazole rings is 1. The van der Waals surface area contributed by atoms with Crippen LogP contribution in [0.15, 0.2) is 41.5 Å². The molecule has 0 saturated heterocycles. The zero-order valence-corrected chi connectivity index (χ0v) is 22.4. The predicted molar refractivity (Wildman–Crippen MR) is 137 cm³/mol. The van der Waals surface area contributed by atoms with Crippen molar-refractivity contribution in [3.63, 3.8) is 0 Å². The molecular weight excluding hydrogens is 448 g/mol. The van der Waals surface area contributed by atoms with Crippen LogP contribution in [0.25, 0.3) is 0 Å². The summed E-state index contributed by atoms with van der Waals surface area (Å²) in [6.07, 6.45) is 4.47. The van der Waals surface area contributed by atoms with Gasteiger partial charge in [-0.1, -0.05) is 58.1 Å². The second-order valence-corrected chi connectivity index (χ2v) is 11.3. The molecule has 0 spiro atoms. The predicted octanol–water partition coefficient (Wildman–Crippen LogP) is 4.78. The van der Waals surface area contributed by atoms with Gasteiger partial charge >= 0.3 is 0 Å². The van der Waals surface area contributed by atoms with Crippen LogP contribution in [0.2, 0.25) is 0 Å². The maximum absolute atomic E-state index is 13.3. The Morgan fingerprint density at radius 3 is 2.44 bits per heavy atom. The Labute approximate surface area is 208 Å². The van der Waals surface area contributed by atoms with E-state index >= 15 is 0 Å². The number of aliphatic hydroxyl groups excluding tert-OH is 2. The van der Waals surface area contributed by atoms with Gasteiger partial charge in [-0.25, -0.2) is 4.98 Å². The third-order valence-electron chi connectivity index (χ3n) is 6.86. The third-order valence-corrected chi connectivity index (χ3v) is 7.65. The molecule has 188 valence electrons. The molecule has 5 atom stereocenters. The van der Waals surface area contributed by atoms with Gasteiger partial charge in [-0.05, 0) is 33.1 Å². The zero-order chi connectivity index (χ0) is 25.8. The molecule has 0 aromatic carbocycles. The Morgan fingerprint density at radius 2 is 1.88 bits per heavy atom. The van der Waals surface area contributed by atoms with E-state index in [1.54, 1.807) is 43.9 Å². The van der Waals surface area contributed by atoms with Gasteiger partial charge < -0.3 is 15.1 Å². The van der Waals surface area contributed by atoms with Crippen molar-refractivity contribution in [1.82, 2.24) is 9.88 Å². The maximum Gasteiger partial charge on any atom is 0.229 e. The van der Waals surface area contributed by atoms with Crippen molar-refractivity contribution in [3.8, 4) is 0 Å². The van der Waals surface area contributed by atoms with E-state index in [1.165, 1.54) is 0 Å². The molecule has 7 heteroatoms. The molecule has 2 heterocycles. The second-order valence-electron chi connectivity index (χ2n) is 10.2. The number of nitrogens with zero attached hydrogens (tertiary/aromatic N) is 2. The fourth-order valence-electron chi connectivity index (χ4n) is 4.36. The van der Waals surface area contributed by atoms with E-state index in [0.717, 1.165) is 16.3 Å². The van der Waals surface area contributed by atoms with Crippen molar-refractivity contribution >= 4 is 23.0 Å². The number of carbonyl (C=O) groups is 2. The van der Waals surface area contributed by atoms with Crippen LogP contribution in [0, 0.1) is 24.2 Å². The molecular formula is C27H40N2O4S. The first-order valence-electron chi connectivity index (χ1n) is 11.9. The number of ketones is 1. The molecule has 34 heavy (non-hydrogen) atoms. The molecule has 0 unspecified atom stereocenters. The highest BCUT2D eigenvalue weighted by molar-refractivity contribution is 7.09. The Hall–Kier alpha value is -2.09. The average Bonchev–Trinajstić information content (AvgIpc) is 3.19. The van der Waals surface area contributed by atoms with E-state index in [1.807, 2.05) is 38.3 Å². The highest BCUT2D eigenvalue weighted by Crippen LogP contribution is 2.32. The summed E-state index contributed by atoms with van der Waals surface area (Å²) in [7, 11) is 0. The van der Waals surface area contributed by atoms with Crippen LogP contribution in [0.3, 0.4) is 0 Å². The normalized spacial score (nSPS) is 32.2. The summed E-state index contributed by atoms with van der Waals surface area (Å²) in [6, 6.07) is 0. The molecule has 0 aliphatic carbocycles. The Kier molecular flexibility index (Phi) is 9.57. The highest BCUT2D eigenvalue weighted by Gasteiger charge is 2.42. The lowest BCUT2D eigenvalue weighted by Gasteiger charge is -2.35. The first-order valence-corrected chi connectivity index (χ1v) is 12.8. The van der Waals surface area contributed by atoms with E-state index in [-0.39, 0.29) is 29.9 Å². The summed E-state index contributed by atoms with van der Waals surface area (Å²) in [4.78, 5) is 32.8. The molecule has 0 fully saturated rings. The summed E-state index contributed by atoms with van der Waals surface area (Å²) in [5.74, 6) is -1.51. The van der Waals surface area contributed by atoms with Crippen LogP contribution in [0.1, 0.15) is 71.0 Å². The Bertz CT molecular complexity index is 962. The number of aryl methyl sites for hydroxylation is 1. The fraction of sp³-hybridized carbons (Fsp3) is 0.593. The number of aromatic nitrogens is 1. The SMILES string of the molecule is C=C(C)N1C[C@@H](c2csc(C)n2)/C=C(C)/C=C/C[C@H](C)[C@H](O)[C@@H](C)C(=O)C(C)(C)[C@@H](O)CC1=O. The first-order chi connectivity index (χ1) is 15.7. The standard InChI is InChI=1S/C27H40N2O4S/c1-16(2)29-14-21(22-15-34-20(6)28-22)12-17(3)10-9-11-18(4)25(32)19(5)26(33)27(7,8)23(30)13-24(29)31/h9-10,12,15,18-19,21,23,25,30,32H,1,11,13-14H2,2-8H3/b10-9+,17-12+/t18-,19+,21-,23-,25-/m0/s1. The molecule has 0 saturated carbocycles. The van der Waals surface area contributed by atoms with Gasteiger partial charge in [0.25, 0.3) is 0 Å². The summed E-state index contributed by atoms with van der Waals surface area (Å²) < 4.78 is 0. The monoisotopic (exact) mass is 488 g/mol. The number of rotatable bonds is 2. The Morgan fingerprint density at radius 1 is 1.24 bits per heavy atom. The van der Waals surface area contributed by atoms with Gasteiger partial charge in [0.2, 0.25) is 5.91 Å². The van der Waals surface area contributed by atoms with E-state index in [4.69, 9.17) is 0 Å². The van der Waals surface area contributed by atoms with Crippen LogP contribution in [0.5, 0.6) is 0 Å². The molecule has 1 aromatic rings. The summed E-state index contributed by atoms with van der Waals surface area (Å²) in [5, 5.41) is 24.8. The second kappa shape index (κ2) is 11.6. The van der Waals surface area contributed by atoms with Gasteiger partial charge in [-0.2, -0.15) is 0 Å². The minimum Gasteiger partial charge on any atom is -0.392 e. The van der Waals surface area contributed by atoms with Gasteiger partial charge in [0, 0.05) is 29.5 Å². The smallest absolute Gasteiger partial charge is 0.229 e. The molecule has 6 nitrogen and oxygen atoms in total. The quantitative estimate of drug-likeness (QED) is 0.625. The molecule has 2 N–H and O–H groups in total. The number of hydrogen-bond donors (Lipinski definition) is 2. The number of allylic oxidation sites excluding steroid dienone is 4. The van der Waals surface area contributed by atoms with E-state index in [9.17, 15) is 19.8 Å². The van der Waals surface area contributed by atoms with E-state index in [0.29, 0.717) is 18.7 Å². The van der Waals surface area contributed by atoms with Crippen molar-refractivity contribution < 1.29 is 19.8 Å². The van der Waals surface area contributed by atoms with Gasteiger partial charge in [0.05, 0.1) is 34.7 Å². The van der Waals surface area contributed by atoms with Crippen LogP contribution in [0.4, 0.5) is 0 Å². The molecule has 1 aromatic heterocycles. The van der Waals surface area contributed by atoms with Crippen LogP contribution in [-0.2, 0) is 9.59 Å². The number of hydrogen-bond acceptors (Lipinski definition) is 6. The molecule has 0 radical (unpaired) electrons. The molecule has 0 bridgehead atoms. The maximum atomic E-state index is 13.3. The van der Waals surface area contributed by atoms with Crippen molar-refractivity contribution in [2.75, 3.05) is 6.54 Å². The van der Waals surface area contributed by atoms with E-state index < -0.39 is 23.5 Å². The van der Waals surface area contributed by atoms with Crippen molar-refractivity contribution in [1.29, 1.82) is 0 Å². The van der Waals surface area contributed by atoms with Crippen molar-refractivity contribution in [3.05, 3.63) is 52.2 Å². The molecule has 1 aliphatic rings. The lowest BCUT2D eigenvalue weighted by Crippen LogP contribution is -2.46. The van der Waals surface area contributed by atoms with Gasteiger partial charge in [-0.15, -0.1) is 11.3 Å². The minimum atomic E-state index is -1.19. The van der Waals surface area contributed by atoms with Gasteiger partial charge in [0.15, 0.2) is 0 Å². The first kappa shape index (κ1) is 28.1. The molecule has 1 amide bonds. The topological polar surface area (TPSA) is 90.7 Å². The highest BCUT2D eigenvalue weighted by atomic mass is 32.1.